The lowest BCUT2D eigenvalue weighted by molar-refractivity contribution is -0.121. The quantitative estimate of drug-likeness (QED) is 0.476. The molecule has 7 nitrogen and oxygen atoms in total. The summed E-state index contributed by atoms with van der Waals surface area (Å²) in [5.41, 5.74) is 3.28. The van der Waals surface area contributed by atoms with Gasteiger partial charge >= 0.3 is 6.03 Å². The van der Waals surface area contributed by atoms with E-state index in [1.165, 1.54) is 5.56 Å². The summed E-state index contributed by atoms with van der Waals surface area (Å²) < 4.78 is 2.09. The molecule has 0 bridgehead atoms. The zero-order valence-electron chi connectivity index (χ0n) is 18.4. The topological polar surface area (TPSA) is 79.3 Å². The SMILES string of the molecule is O=C(CCCCCNC(=O)N1CCn2c1nc1ccccc12)NCCCc1ccccc1. The van der Waals surface area contributed by atoms with E-state index in [4.69, 9.17) is 0 Å². The lowest BCUT2D eigenvalue weighted by atomic mass is 10.1. The van der Waals surface area contributed by atoms with Crippen LogP contribution >= 0.6 is 0 Å². The van der Waals surface area contributed by atoms with E-state index >= 15 is 0 Å². The van der Waals surface area contributed by atoms with E-state index in [1.807, 2.05) is 42.5 Å². The minimum atomic E-state index is -0.102. The molecule has 0 spiro atoms. The number of aromatic nitrogens is 2. The number of carbonyl (C=O) groups is 2. The summed E-state index contributed by atoms with van der Waals surface area (Å²) in [6.45, 7) is 2.73. The number of anilines is 1. The highest BCUT2D eigenvalue weighted by Crippen LogP contribution is 2.26. The normalized spacial score (nSPS) is 12.7. The first-order valence-electron chi connectivity index (χ1n) is 11.5. The van der Waals surface area contributed by atoms with Crippen molar-refractivity contribution in [3.63, 3.8) is 0 Å². The van der Waals surface area contributed by atoms with Crippen molar-refractivity contribution < 1.29 is 9.59 Å². The molecule has 0 fully saturated rings. The van der Waals surface area contributed by atoms with Crippen LogP contribution in [-0.4, -0.2) is 41.1 Å². The molecule has 7 heteroatoms. The number of para-hydroxylation sites is 2. The third kappa shape index (κ3) is 5.46. The van der Waals surface area contributed by atoms with E-state index < -0.39 is 0 Å². The van der Waals surface area contributed by atoms with Crippen molar-refractivity contribution >= 4 is 28.9 Å². The van der Waals surface area contributed by atoms with E-state index in [2.05, 4.69) is 32.3 Å². The summed E-state index contributed by atoms with van der Waals surface area (Å²) in [7, 11) is 0. The third-order valence-corrected chi connectivity index (χ3v) is 5.83. The van der Waals surface area contributed by atoms with Crippen LogP contribution in [-0.2, 0) is 17.8 Å². The Labute approximate surface area is 188 Å². The van der Waals surface area contributed by atoms with Crippen molar-refractivity contribution in [2.75, 3.05) is 24.5 Å². The van der Waals surface area contributed by atoms with Crippen molar-refractivity contribution in [1.82, 2.24) is 20.2 Å². The van der Waals surface area contributed by atoms with Crippen LogP contribution < -0.4 is 15.5 Å². The maximum Gasteiger partial charge on any atom is 0.324 e. The fourth-order valence-corrected chi connectivity index (χ4v) is 4.11. The summed E-state index contributed by atoms with van der Waals surface area (Å²) in [5.74, 6) is 0.825. The number of amides is 3. The Balaban J connectivity index is 1.07. The number of aryl methyl sites for hydroxylation is 1. The van der Waals surface area contributed by atoms with Gasteiger partial charge in [0, 0.05) is 32.6 Å². The van der Waals surface area contributed by atoms with Crippen LogP contribution in [0.5, 0.6) is 0 Å². The van der Waals surface area contributed by atoms with Crippen LogP contribution in [0.15, 0.2) is 54.6 Å². The van der Waals surface area contributed by atoms with E-state index in [1.54, 1.807) is 4.90 Å². The predicted molar refractivity (Wildman–Crippen MR) is 127 cm³/mol. The fraction of sp³-hybridized carbons (Fsp3) is 0.400. The Morgan fingerprint density at radius 2 is 1.62 bits per heavy atom. The molecule has 0 aliphatic carbocycles. The van der Waals surface area contributed by atoms with Gasteiger partial charge in [-0.3, -0.25) is 9.69 Å². The molecule has 0 atom stereocenters. The first-order valence-corrected chi connectivity index (χ1v) is 11.5. The number of benzene rings is 2. The van der Waals surface area contributed by atoms with Crippen LogP contribution in [0.25, 0.3) is 11.0 Å². The molecule has 3 amide bonds. The second-order valence-electron chi connectivity index (χ2n) is 8.19. The van der Waals surface area contributed by atoms with E-state index in [0.717, 1.165) is 49.7 Å². The van der Waals surface area contributed by atoms with E-state index in [-0.39, 0.29) is 11.9 Å². The second kappa shape index (κ2) is 10.8. The van der Waals surface area contributed by atoms with Crippen LogP contribution in [0, 0.1) is 0 Å². The molecule has 1 aromatic heterocycles. The molecule has 3 aromatic rings. The number of nitrogens with zero attached hydrogens (tertiary/aromatic N) is 3. The summed E-state index contributed by atoms with van der Waals surface area (Å²) in [6, 6.07) is 18.2. The highest BCUT2D eigenvalue weighted by atomic mass is 16.2. The second-order valence-corrected chi connectivity index (χ2v) is 8.19. The number of fused-ring (bicyclic) bond motifs is 3. The Kier molecular flexibility index (Phi) is 7.38. The average molecular weight is 434 g/mol. The average Bonchev–Trinajstić information content (AvgIpc) is 3.39. The van der Waals surface area contributed by atoms with Crippen LogP contribution in [0.1, 0.15) is 37.7 Å². The van der Waals surface area contributed by atoms with Gasteiger partial charge in [-0.1, -0.05) is 48.9 Å². The molecular weight excluding hydrogens is 402 g/mol. The van der Waals surface area contributed by atoms with Crippen molar-refractivity contribution in [3.05, 3.63) is 60.2 Å². The molecule has 0 saturated carbocycles. The van der Waals surface area contributed by atoms with Crippen LogP contribution in [0.2, 0.25) is 0 Å². The third-order valence-electron chi connectivity index (χ3n) is 5.83. The number of rotatable bonds is 10. The largest absolute Gasteiger partial charge is 0.356 e. The van der Waals surface area contributed by atoms with Crippen LogP contribution in [0.3, 0.4) is 0 Å². The van der Waals surface area contributed by atoms with Gasteiger partial charge in [-0.15, -0.1) is 0 Å². The fourth-order valence-electron chi connectivity index (χ4n) is 4.11. The monoisotopic (exact) mass is 433 g/mol. The summed E-state index contributed by atoms with van der Waals surface area (Å²) in [4.78, 5) is 30.9. The van der Waals surface area contributed by atoms with Crippen molar-refractivity contribution in [2.45, 2.75) is 45.1 Å². The van der Waals surface area contributed by atoms with Crippen LogP contribution in [0.4, 0.5) is 10.7 Å². The number of carbonyl (C=O) groups excluding carboxylic acids is 2. The maximum atomic E-state index is 12.6. The van der Waals surface area contributed by atoms with Gasteiger partial charge in [0.15, 0.2) is 0 Å². The Morgan fingerprint density at radius 3 is 2.50 bits per heavy atom. The van der Waals surface area contributed by atoms with Crippen molar-refractivity contribution in [1.29, 1.82) is 0 Å². The van der Waals surface area contributed by atoms with Gasteiger partial charge in [-0.25, -0.2) is 9.78 Å². The number of imidazole rings is 1. The molecule has 0 saturated heterocycles. The molecule has 1 aliphatic heterocycles. The minimum Gasteiger partial charge on any atom is -0.356 e. The van der Waals surface area contributed by atoms with Gasteiger partial charge in [0.2, 0.25) is 11.9 Å². The molecule has 32 heavy (non-hydrogen) atoms. The zero-order chi connectivity index (χ0) is 22.2. The number of unbranched alkanes of at least 4 members (excludes halogenated alkanes) is 2. The zero-order valence-corrected chi connectivity index (χ0v) is 18.4. The van der Waals surface area contributed by atoms with Crippen molar-refractivity contribution in [2.24, 2.45) is 0 Å². The molecule has 2 heterocycles. The highest BCUT2D eigenvalue weighted by molar-refractivity contribution is 5.93. The number of hydrogen-bond acceptors (Lipinski definition) is 3. The Morgan fingerprint density at radius 1 is 0.844 bits per heavy atom. The Bertz CT molecular complexity index is 1050. The number of nitrogens with one attached hydrogen (secondary N) is 2. The van der Waals surface area contributed by atoms with Gasteiger partial charge < -0.3 is 15.2 Å². The van der Waals surface area contributed by atoms with E-state index in [0.29, 0.717) is 32.0 Å². The maximum absolute atomic E-state index is 12.6. The molecule has 1 aliphatic rings. The molecule has 0 unspecified atom stereocenters. The smallest absolute Gasteiger partial charge is 0.324 e. The molecule has 2 aromatic carbocycles. The molecule has 0 radical (unpaired) electrons. The molecule has 2 N–H and O–H groups in total. The summed E-state index contributed by atoms with van der Waals surface area (Å²) in [6.07, 6.45) is 5.07. The number of urea groups is 1. The number of hydrogen-bond donors (Lipinski definition) is 2. The standard InChI is InChI=1S/C25H31N5O2/c31-23(26-17-9-12-20-10-3-1-4-11-20)15-5-2-8-16-27-25(32)30-19-18-29-22-14-7-6-13-21(22)28-24(29)30/h1,3-4,6-7,10-11,13-14H,2,5,8-9,12,15-19H2,(H,26,31)(H,27,32). The van der Waals surface area contributed by atoms with Gasteiger partial charge in [0.1, 0.15) is 0 Å². The predicted octanol–water partition coefficient (Wildman–Crippen LogP) is 3.88. The summed E-state index contributed by atoms with van der Waals surface area (Å²) >= 11 is 0. The van der Waals surface area contributed by atoms with Gasteiger partial charge in [-0.2, -0.15) is 0 Å². The lowest BCUT2D eigenvalue weighted by Crippen LogP contribution is -2.39. The van der Waals surface area contributed by atoms with Gasteiger partial charge in [0.05, 0.1) is 11.0 Å². The van der Waals surface area contributed by atoms with Gasteiger partial charge in [0.25, 0.3) is 0 Å². The Hall–Kier alpha value is -3.35. The first-order chi connectivity index (χ1) is 15.7. The molecule has 168 valence electrons. The lowest BCUT2D eigenvalue weighted by Gasteiger charge is -2.15. The first kappa shape index (κ1) is 21.9. The summed E-state index contributed by atoms with van der Waals surface area (Å²) in [5, 5.41) is 5.98. The minimum absolute atomic E-state index is 0.102. The highest BCUT2D eigenvalue weighted by Gasteiger charge is 2.27. The van der Waals surface area contributed by atoms with E-state index in [9.17, 15) is 9.59 Å². The molecular formula is C25H31N5O2. The van der Waals surface area contributed by atoms with Crippen molar-refractivity contribution in [3.8, 4) is 0 Å². The van der Waals surface area contributed by atoms with Gasteiger partial charge in [-0.05, 0) is 43.4 Å². The molecule has 4 rings (SSSR count).